The van der Waals surface area contributed by atoms with Gasteiger partial charge in [0.25, 0.3) is 0 Å². The highest BCUT2D eigenvalue weighted by Gasteiger charge is 2.23. The van der Waals surface area contributed by atoms with Crippen LogP contribution in [0.3, 0.4) is 0 Å². The monoisotopic (exact) mass is 307 g/mol. The molecule has 1 heterocycles. The summed E-state index contributed by atoms with van der Waals surface area (Å²) in [6.45, 7) is 5.03. The molecule has 0 aliphatic rings. The Morgan fingerprint density at radius 1 is 1.24 bits per heavy atom. The number of nitrogens with one attached hydrogen (secondary N) is 1. The Hall–Kier alpha value is -1.66. The van der Waals surface area contributed by atoms with Crippen molar-refractivity contribution in [3.8, 4) is 11.5 Å². The van der Waals surface area contributed by atoms with Gasteiger partial charge in [0.05, 0.1) is 30.8 Å². The van der Waals surface area contributed by atoms with Crippen molar-refractivity contribution in [2.75, 3.05) is 20.8 Å². The third-order valence-corrected chi connectivity index (χ3v) is 4.17. The summed E-state index contributed by atoms with van der Waals surface area (Å²) in [6, 6.07) is 5.91. The molecule has 0 aliphatic heterocycles. The number of nitrogens with zero attached hydrogens (tertiary/aromatic N) is 2. The van der Waals surface area contributed by atoms with Crippen LogP contribution in [0.2, 0.25) is 0 Å². The molecule has 0 amide bonds. The minimum Gasteiger partial charge on any atom is -0.497 e. The predicted molar refractivity (Wildman–Crippen MR) is 84.4 cm³/mol. The Labute approximate surface area is 129 Å². The van der Waals surface area contributed by atoms with Crippen molar-refractivity contribution < 1.29 is 9.47 Å². The molecule has 2 rings (SSSR count). The van der Waals surface area contributed by atoms with Gasteiger partial charge in [0.15, 0.2) is 0 Å². The summed E-state index contributed by atoms with van der Waals surface area (Å²) >= 11 is 1.44. The van der Waals surface area contributed by atoms with Crippen LogP contribution in [0.5, 0.6) is 11.5 Å². The van der Waals surface area contributed by atoms with Crippen LogP contribution in [0.1, 0.15) is 36.0 Å². The second-order valence-corrected chi connectivity index (χ2v) is 5.32. The lowest BCUT2D eigenvalue weighted by Crippen LogP contribution is -2.22. The molecule has 114 valence electrons. The lowest BCUT2D eigenvalue weighted by atomic mass is 10.0. The molecule has 0 saturated heterocycles. The lowest BCUT2D eigenvalue weighted by Gasteiger charge is -2.20. The van der Waals surface area contributed by atoms with E-state index in [0.29, 0.717) is 0 Å². The molecular formula is C15H21N3O2S. The normalized spacial score (nSPS) is 12.2. The van der Waals surface area contributed by atoms with E-state index in [-0.39, 0.29) is 6.04 Å². The topological polar surface area (TPSA) is 56.3 Å². The van der Waals surface area contributed by atoms with Crippen LogP contribution in [0.25, 0.3) is 0 Å². The average Bonchev–Trinajstić information content (AvgIpc) is 3.00. The Bertz CT molecular complexity index is 586. The van der Waals surface area contributed by atoms with E-state index in [0.717, 1.165) is 40.6 Å². The molecule has 0 bridgehead atoms. The molecule has 5 nitrogen and oxygen atoms in total. The van der Waals surface area contributed by atoms with Crippen LogP contribution in [-0.2, 0) is 6.42 Å². The van der Waals surface area contributed by atoms with Gasteiger partial charge >= 0.3 is 0 Å². The summed E-state index contributed by atoms with van der Waals surface area (Å²) in [5.41, 5.74) is 2.10. The molecule has 0 saturated carbocycles. The fourth-order valence-electron chi connectivity index (χ4n) is 2.28. The molecule has 0 radical (unpaired) electrons. The van der Waals surface area contributed by atoms with Gasteiger partial charge in [0.2, 0.25) is 0 Å². The highest BCUT2D eigenvalue weighted by atomic mass is 32.1. The first-order chi connectivity index (χ1) is 10.2. The molecule has 1 atom stereocenters. The number of methoxy groups -OCH3 is 2. The van der Waals surface area contributed by atoms with Crippen LogP contribution < -0.4 is 14.8 Å². The van der Waals surface area contributed by atoms with E-state index in [4.69, 9.17) is 9.47 Å². The quantitative estimate of drug-likeness (QED) is 0.852. The second kappa shape index (κ2) is 7.38. The Balaban J connectivity index is 2.47. The summed E-state index contributed by atoms with van der Waals surface area (Å²) < 4.78 is 14.9. The molecule has 6 heteroatoms. The van der Waals surface area contributed by atoms with Gasteiger partial charge in [-0.2, -0.15) is 0 Å². The third-order valence-electron chi connectivity index (χ3n) is 3.34. The first-order valence-electron chi connectivity index (χ1n) is 7.01. The molecule has 1 aromatic heterocycles. The van der Waals surface area contributed by atoms with Crippen LogP contribution >= 0.6 is 11.5 Å². The number of ether oxygens (including phenoxy) is 2. The summed E-state index contributed by atoms with van der Waals surface area (Å²) in [7, 11) is 3.32. The van der Waals surface area contributed by atoms with E-state index in [9.17, 15) is 0 Å². The molecule has 21 heavy (non-hydrogen) atoms. The molecule has 2 aromatic rings. The largest absolute Gasteiger partial charge is 0.497 e. The fourth-order valence-corrected chi connectivity index (χ4v) is 3.12. The first-order valence-corrected chi connectivity index (χ1v) is 7.78. The van der Waals surface area contributed by atoms with Crippen LogP contribution in [0.4, 0.5) is 0 Å². The number of rotatable bonds is 7. The van der Waals surface area contributed by atoms with Gasteiger partial charge in [-0.1, -0.05) is 18.3 Å². The van der Waals surface area contributed by atoms with E-state index >= 15 is 0 Å². The maximum Gasteiger partial charge on any atom is 0.127 e. The third kappa shape index (κ3) is 3.33. The summed E-state index contributed by atoms with van der Waals surface area (Å²) in [4.78, 5) is 1.14. The van der Waals surface area contributed by atoms with Crippen LogP contribution in [0.15, 0.2) is 18.2 Å². The van der Waals surface area contributed by atoms with E-state index in [1.807, 2.05) is 18.2 Å². The van der Waals surface area contributed by atoms with Gasteiger partial charge < -0.3 is 14.8 Å². The second-order valence-electron chi connectivity index (χ2n) is 4.54. The van der Waals surface area contributed by atoms with Crippen molar-refractivity contribution in [3.05, 3.63) is 34.3 Å². The van der Waals surface area contributed by atoms with Crippen molar-refractivity contribution in [2.24, 2.45) is 0 Å². The highest BCUT2D eigenvalue weighted by molar-refractivity contribution is 7.05. The Morgan fingerprint density at radius 3 is 2.67 bits per heavy atom. The van der Waals surface area contributed by atoms with E-state index in [1.165, 1.54) is 11.5 Å². The van der Waals surface area contributed by atoms with Crippen molar-refractivity contribution in [2.45, 2.75) is 26.3 Å². The minimum atomic E-state index is 0.0332. The van der Waals surface area contributed by atoms with Crippen molar-refractivity contribution in [1.29, 1.82) is 0 Å². The zero-order chi connectivity index (χ0) is 15.2. The number of aromatic nitrogens is 2. The summed E-state index contributed by atoms with van der Waals surface area (Å²) in [5.74, 6) is 1.58. The summed E-state index contributed by atoms with van der Waals surface area (Å²) in [5, 5.41) is 7.71. The van der Waals surface area contributed by atoms with Gasteiger partial charge in [-0.25, -0.2) is 0 Å². The first kappa shape index (κ1) is 15.7. The molecule has 0 spiro atoms. The molecule has 0 fully saturated rings. The van der Waals surface area contributed by atoms with Gasteiger partial charge in [-0.05, 0) is 36.6 Å². The van der Waals surface area contributed by atoms with Gasteiger partial charge in [0.1, 0.15) is 11.5 Å². The fraction of sp³-hybridized carbons (Fsp3) is 0.467. The average molecular weight is 307 g/mol. The zero-order valence-corrected chi connectivity index (χ0v) is 13.7. The smallest absolute Gasteiger partial charge is 0.127 e. The van der Waals surface area contributed by atoms with Crippen LogP contribution in [-0.4, -0.2) is 30.4 Å². The summed E-state index contributed by atoms with van der Waals surface area (Å²) in [6.07, 6.45) is 0.867. The van der Waals surface area contributed by atoms with Crippen molar-refractivity contribution in [3.63, 3.8) is 0 Å². The minimum absolute atomic E-state index is 0.0332. The molecule has 1 unspecified atom stereocenters. The van der Waals surface area contributed by atoms with Crippen molar-refractivity contribution in [1.82, 2.24) is 14.9 Å². The number of hydrogen-bond acceptors (Lipinski definition) is 6. The molecular weight excluding hydrogens is 286 g/mol. The number of aryl methyl sites for hydroxylation is 1. The zero-order valence-electron chi connectivity index (χ0n) is 12.8. The Morgan fingerprint density at radius 2 is 2.05 bits per heavy atom. The van der Waals surface area contributed by atoms with Gasteiger partial charge in [0, 0.05) is 11.6 Å². The standard InChI is InChI=1S/C15H21N3O2S/c1-5-12-15(21-18-17-12)14(16-6-2)11-8-7-10(19-3)9-13(11)20-4/h7-9,14,16H,5-6H2,1-4H3. The van der Waals surface area contributed by atoms with Gasteiger partial charge in [-0.15, -0.1) is 5.10 Å². The van der Waals surface area contributed by atoms with Crippen LogP contribution in [0, 0.1) is 0 Å². The lowest BCUT2D eigenvalue weighted by molar-refractivity contribution is 0.388. The molecule has 1 N–H and O–H groups in total. The molecule has 0 aliphatic carbocycles. The maximum atomic E-state index is 5.53. The SMILES string of the molecule is CCNC(c1ccc(OC)cc1OC)c1snnc1CC. The van der Waals surface area contributed by atoms with E-state index in [1.54, 1.807) is 14.2 Å². The van der Waals surface area contributed by atoms with E-state index in [2.05, 4.69) is 28.8 Å². The van der Waals surface area contributed by atoms with E-state index < -0.39 is 0 Å². The highest BCUT2D eigenvalue weighted by Crippen LogP contribution is 2.35. The molecule has 1 aromatic carbocycles. The van der Waals surface area contributed by atoms with Gasteiger partial charge in [-0.3, -0.25) is 0 Å². The maximum absolute atomic E-state index is 5.53. The van der Waals surface area contributed by atoms with Crippen molar-refractivity contribution >= 4 is 11.5 Å². The number of benzene rings is 1. The predicted octanol–water partition coefficient (Wildman–Crippen LogP) is 2.82. The number of hydrogen-bond donors (Lipinski definition) is 1. The Kier molecular flexibility index (Phi) is 5.52.